The molecular formula is C18H25N3O2. The molecule has 1 aromatic heterocycles. The van der Waals surface area contributed by atoms with Gasteiger partial charge in [-0.1, -0.05) is 12.1 Å². The summed E-state index contributed by atoms with van der Waals surface area (Å²) in [6, 6.07) is 6.30. The number of aromatic nitrogens is 2. The molecule has 1 atom stereocenters. The molecule has 0 spiro atoms. The van der Waals surface area contributed by atoms with Crippen molar-refractivity contribution in [1.82, 2.24) is 14.9 Å². The van der Waals surface area contributed by atoms with Crippen molar-refractivity contribution in [1.29, 1.82) is 0 Å². The first-order chi connectivity index (χ1) is 11.0. The van der Waals surface area contributed by atoms with Crippen LogP contribution in [0.2, 0.25) is 0 Å². The molecule has 2 heterocycles. The van der Waals surface area contributed by atoms with Crippen molar-refractivity contribution < 1.29 is 9.47 Å². The van der Waals surface area contributed by atoms with E-state index in [4.69, 9.17) is 9.47 Å². The number of rotatable bonds is 6. The average molecular weight is 315 g/mol. The minimum Gasteiger partial charge on any atom is -0.488 e. The van der Waals surface area contributed by atoms with E-state index in [9.17, 15) is 0 Å². The van der Waals surface area contributed by atoms with Gasteiger partial charge in [-0.25, -0.2) is 4.98 Å². The Balaban J connectivity index is 1.53. The summed E-state index contributed by atoms with van der Waals surface area (Å²) in [5, 5.41) is 3.43. The van der Waals surface area contributed by atoms with E-state index < -0.39 is 0 Å². The fourth-order valence-electron chi connectivity index (χ4n) is 3.02. The SMILES string of the molecule is C[C@H](NCCOc1cccc2c1OC(C)(C)C2)c1nccn1C. The number of benzene rings is 1. The Kier molecular flexibility index (Phi) is 4.31. The van der Waals surface area contributed by atoms with Crippen molar-refractivity contribution in [2.45, 2.75) is 38.8 Å². The second-order valence-corrected chi connectivity index (χ2v) is 6.70. The van der Waals surface area contributed by atoms with E-state index in [1.165, 1.54) is 5.56 Å². The summed E-state index contributed by atoms with van der Waals surface area (Å²) in [4.78, 5) is 4.36. The number of para-hydroxylation sites is 1. The second-order valence-electron chi connectivity index (χ2n) is 6.70. The molecule has 0 radical (unpaired) electrons. The van der Waals surface area contributed by atoms with Crippen molar-refractivity contribution in [2.24, 2.45) is 7.05 Å². The first-order valence-electron chi connectivity index (χ1n) is 8.10. The van der Waals surface area contributed by atoms with Gasteiger partial charge in [-0.15, -0.1) is 0 Å². The molecule has 0 bridgehead atoms. The highest BCUT2D eigenvalue weighted by molar-refractivity contribution is 5.50. The number of imidazole rings is 1. The Morgan fingerprint density at radius 1 is 1.43 bits per heavy atom. The summed E-state index contributed by atoms with van der Waals surface area (Å²) in [5.41, 5.74) is 1.08. The molecule has 1 aliphatic rings. The zero-order valence-electron chi connectivity index (χ0n) is 14.3. The van der Waals surface area contributed by atoms with E-state index in [1.807, 2.05) is 36.1 Å². The molecule has 1 aromatic carbocycles. The van der Waals surface area contributed by atoms with E-state index in [0.29, 0.717) is 6.61 Å². The summed E-state index contributed by atoms with van der Waals surface area (Å²) >= 11 is 0. The molecule has 0 amide bonds. The summed E-state index contributed by atoms with van der Waals surface area (Å²) < 4.78 is 14.0. The molecule has 124 valence electrons. The summed E-state index contributed by atoms with van der Waals surface area (Å²) in [6.07, 6.45) is 4.70. The van der Waals surface area contributed by atoms with Crippen LogP contribution in [-0.4, -0.2) is 28.3 Å². The molecule has 5 heteroatoms. The van der Waals surface area contributed by atoms with Crippen molar-refractivity contribution in [3.8, 4) is 11.5 Å². The third-order valence-corrected chi connectivity index (χ3v) is 4.11. The highest BCUT2D eigenvalue weighted by atomic mass is 16.5. The first kappa shape index (κ1) is 15.9. The maximum atomic E-state index is 6.02. The predicted molar refractivity (Wildman–Crippen MR) is 90.0 cm³/mol. The van der Waals surface area contributed by atoms with Crippen molar-refractivity contribution >= 4 is 0 Å². The van der Waals surface area contributed by atoms with E-state index >= 15 is 0 Å². The molecule has 1 aliphatic heterocycles. The fourth-order valence-corrected chi connectivity index (χ4v) is 3.02. The lowest BCUT2D eigenvalue weighted by Crippen LogP contribution is -2.26. The van der Waals surface area contributed by atoms with Crippen LogP contribution >= 0.6 is 0 Å². The average Bonchev–Trinajstić information content (AvgIpc) is 3.05. The zero-order chi connectivity index (χ0) is 16.4. The topological polar surface area (TPSA) is 48.3 Å². The van der Waals surface area contributed by atoms with Crippen LogP contribution in [0, 0.1) is 0 Å². The Labute approximate surface area is 137 Å². The quantitative estimate of drug-likeness (QED) is 0.833. The predicted octanol–water partition coefficient (Wildman–Crippen LogP) is 2.86. The lowest BCUT2D eigenvalue weighted by molar-refractivity contribution is 0.132. The van der Waals surface area contributed by atoms with Gasteiger partial charge < -0.3 is 19.4 Å². The van der Waals surface area contributed by atoms with Crippen LogP contribution in [-0.2, 0) is 13.5 Å². The molecule has 0 saturated carbocycles. The van der Waals surface area contributed by atoms with Crippen LogP contribution in [0.3, 0.4) is 0 Å². The number of hydrogen-bond donors (Lipinski definition) is 1. The maximum Gasteiger partial charge on any atom is 0.165 e. The van der Waals surface area contributed by atoms with Gasteiger partial charge in [0.2, 0.25) is 0 Å². The highest BCUT2D eigenvalue weighted by Gasteiger charge is 2.32. The van der Waals surface area contributed by atoms with Gasteiger partial charge in [0, 0.05) is 38.0 Å². The smallest absolute Gasteiger partial charge is 0.165 e. The Hall–Kier alpha value is -2.01. The molecule has 1 N–H and O–H groups in total. The summed E-state index contributed by atoms with van der Waals surface area (Å²) in [6.45, 7) is 7.66. The zero-order valence-corrected chi connectivity index (χ0v) is 14.3. The molecular weight excluding hydrogens is 290 g/mol. The number of nitrogens with zero attached hydrogens (tertiary/aromatic N) is 2. The lowest BCUT2D eigenvalue weighted by Gasteiger charge is -2.18. The molecule has 5 nitrogen and oxygen atoms in total. The molecule has 0 unspecified atom stereocenters. The van der Waals surface area contributed by atoms with Gasteiger partial charge >= 0.3 is 0 Å². The summed E-state index contributed by atoms with van der Waals surface area (Å²) in [5.74, 6) is 2.75. The van der Waals surface area contributed by atoms with Gasteiger partial charge in [-0.3, -0.25) is 0 Å². The minimum atomic E-state index is -0.146. The van der Waals surface area contributed by atoms with Crippen LogP contribution in [0.25, 0.3) is 0 Å². The third-order valence-electron chi connectivity index (χ3n) is 4.11. The molecule has 0 aliphatic carbocycles. The van der Waals surface area contributed by atoms with Crippen molar-refractivity contribution in [3.05, 3.63) is 42.0 Å². The second kappa shape index (κ2) is 6.24. The lowest BCUT2D eigenvalue weighted by atomic mass is 10.0. The molecule has 23 heavy (non-hydrogen) atoms. The van der Waals surface area contributed by atoms with E-state index in [0.717, 1.165) is 30.3 Å². The van der Waals surface area contributed by atoms with E-state index in [-0.39, 0.29) is 11.6 Å². The Morgan fingerprint density at radius 3 is 3.00 bits per heavy atom. The number of hydrogen-bond acceptors (Lipinski definition) is 4. The molecule has 0 saturated heterocycles. The Morgan fingerprint density at radius 2 is 2.26 bits per heavy atom. The monoisotopic (exact) mass is 315 g/mol. The third kappa shape index (κ3) is 3.50. The highest BCUT2D eigenvalue weighted by Crippen LogP contribution is 2.41. The largest absolute Gasteiger partial charge is 0.488 e. The van der Waals surface area contributed by atoms with Gasteiger partial charge in [0.15, 0.2) is 11.5 Å². The fraction of sp³-hybridized carbons (Fsp3) is 0.500. The van der Waals surface area contributed by atoms with Gasteiger partial charge in [-0.05, 0) is 26.8 Å². The van der Waals surface area contributed by atoms with Gasteiger partial charge in [-0.2, -0.15) is 0 Å². The van der Waals surface area contributed by atoms with E-state index in [1.54, 1.807) is 0 Å². The number of nitrogens with one attached hydrogen (secondary N) is 1. The van der Waals surface area contributed by atoms with Crippen molar-refractivity contribution in [3.63, 3.8) is 0 Å². The van der Waals surface area contributed by atoms with Crippen molar-refractivity contribution in [2.75, 3.05) is 13.2 Å². The van der Waals surface area contributed by atoms with Crippen LogP contribution in [0.4, 0.5) is 0 Å². The van der Waals surface area contributed by atoms with Crippen LogP contribution < -0.4 is 14.8 Å². The van der Waals surface area contributed by atoms with Gasteiger partial charge in [0.1, 0.15) is 18.0 Å². The maximum absolute atomic E-state index is 6.02. The number of fused-ring (bicyclic) bond motifs is 1. The Bertz CT molecular complexity index is 679. The van der Waals surface area contributed by atoms with Crippen LogP contribution in [0.15, 0.2) is 30.6 Å². The molecule has 2 aromatic rings. The molecule has 3 rings (SSSR count). The summed E-state index contributed by atoms with van der Waals surface area (Å²) in [7, 11) is 2.00. The first-order valence-corrected chi connectivity index (χ1v) is 8.10. The van der Waals surface area contributed by atoms with Gasteiger partial charge in [0.25, 0.3) is 0 Å². The van der Waals surface area contributed by atoms with Gasteiger partial charge in [0.05, 0.1) is 6.04 Å². The minimum absolute atomic E-state index is 0.146. The molecule has 0 fully saturated rings. The number of aryl methyl sites for hydroxylation is 1. The van der Waals surface area contributed by atoms with E-state index in [2.05, 4.69) is 37.1 Å². The standard InChI is InChI=1S/C18H25N3O2/c1-13(17-20-8-10-21(17)4)19-9-11-22-15-7-5-6-14-12-18(2,3)23-16(14)15/h5-8,10,13,19H,9,11-12H2,1-4H3/t13-/m0/s1. The normalized spacial score (nSPS) is 16.7. The van der Waals surface area contributed by atoms with Crippen LogP contribution in [0.1, 0.15) is 38.2 Å². The van der Waals surface area contributed by atoms with Crippen LogP contribution in [0.5, 0.6) is 11.5 Å². The number of ether oxygens (including phenoxy) is 2.